The Hall–Kier alpha value is -1.05. The largest absolute Gasteiger partial charge is 0.466 e. The summed E-state index contributed by atoms with van der Waals surface area (Å²) >= 11 is 0. The minimum absolute atomic E-state index is 0.129. The zero-order valence-corrected chi connectivity index (χ0v) is 8.53. The number of ether oxygens (including phenoxy) is 1. The Labute approximate surface area is 84.6 Å². The van der Waals surface area contributed by atoms with Gasteiger partial charge in [0, 0.05) is 5.57 Å². The van der Waals surface area contributed by atoms with Gasteiger partial charge in [0.2, 0.25) is 0 Å². The predicted octanol–water partition coefficient (Wildman–Crippen LogP) is 2.46. The van der Waals surface area contributed by atoms with E-state index in [0.29, 0.717) is 11.8 Å². The molecule has 0 radical (unpaired) electrons. The molecule has 14 heavy (non-hydrogen) atoms. The molecule has 2 aliphatic rings. The fourth-order valence-corrected chi connectivity index (χ4v) is 2.37. The summed E-state index contributed by atoms with van der Waals surface area (Å²) in [6, 6.07) is 0. The van der Waals surface area contributed by atoms with Crippen LogP contribution in [0.5, 0.6) is 0 Å². The average molecular weight is 192 g/mol. The number of hydrogen-bond donors (Lipinski definition) is 0. The van der Waals surface area contributed by atoms with E-state index in [1.165, 1.54) is 13.5 Å². The quantitative estimate of drug-likeness (QED) is 0.471. The molecule has 2 aliphatic carbocycles. The zero-order valence-electron chi connectivity index (χ0n) is 8.53. The first-order valence-electron chi connectivity index (χ1n) is 5.28. The van der Waals surface area contributed by atoms with E-state index in [1.807, 2.05) is 0 Å². The molecule has 0 heterocycles. The lowest BCUT2D eigenvalue weighted by Gasteiger charge is -2.35. The molecule has 2 atom stereocenters. The standard InChI is InChI=1S/C12H16O2/c1-14-12(13)11-8-9-6-4-2-3-5-7-10(9)11/h2-3,8-10H,4-7H2,1H3/b3-2-. The van der Waals surface area contributed by atoms with Gasteiger partial charge in [-0.2, -0.15) is 0 Å². The second kappa shape index (κ2) is 3.99. The molecule has 0 amide bonds. The van der Waals surface area contributed by atoms with Gasteiger partial charge in [-0.05, 0) is 37.5 Å². The third-order valence-corrected chi connectivity index (χ3v) is 3.21. The van der Waals surface area contributed by atoms with E-state index in [9.17, 15) is 4.79 Å². The van der Waals surface area contributed by atoms with Gasteiger partial charge >= 0.3 is 5.97 Å². The van der Waals surface area contributed by atoms with Crippen LogP contribution in [-0.4, -0.2) is 13.1 Å². The summed E-state index contributed by atoms with van der Waals surface area (Å²) in [5, 5.41) is 0. The van der Waals surface area contributed by atoms with E-state index in [4.69, 9.17) is 4.74 Å². The van der Waals surface area contributed by atoms with Crippen LogP contribution < -0.4 is 0 Å². The fraction of sp³-hybridized carbons (Fsp3) is 0.583. The third kappa shape index (κ3) is 1.61. The van der Waals surface area contributed by atoms with Crippen LogP contribution in [0.2, 0.25) is 0 Å². The van der Waals surface area contributed by atoms with Gasteiger partial charge in [0.05, 0.1) is 7.11 Å². The smallest absolute Gasteiger partial charge is 0.333 e. The van der Waals surface area contributed by atoms with Gasteiger partial charge in [-0.15, -0.1) is 0 Å². The van der Waals surface area contributed by atoms with Gasteiger partial charge in [0.15, 0.2) is 0 Å². The highest BCUT2D eigenvalue weighted by Gasteiger charge is 2.36. The van der Waals surface area contributed by atoms with E-state index in [1.54, 1.807) is 0 Å². The van der Waals surface area contributed by atoms with Crippen molar-refractivity contribution in [1.82, 2.24) is 0 Å². The highest BCUT2D eigenvalue weighted by atomic mass is 16.5. The third-order valence-electron chi connectivity index (χ3n) is 3.21. The second-order valence-corrected chi connectivity index (χ2v) is 4.01. The Morgan fingerprint density at radius 3 is 2.79 bits per heavy atom. The Morgan fingerprint density at radius 2 is 2.07 bits per heavy atom. The topological polar surface area (TPSA) is 26.3 Å². The molecule has 2 rings (SSSR count). The number of allylic oxidation sites excluding steroid dienone is 3. The lowest BCUT2D eigenvalue weighted by atomic mass is 9.69. The van der Waals surface area contributed by atoms with Crippen molar-refractivity contribution in [3.63, 3.8) is 0 Å². The highest BCUT2D eigenvalue weighted by molar-refractivity contribution is 5.90. The summed E-state index contributed by atoms with van der Waals surface area (Å²) in [5.41, 5.74) is 0.910. The summed E-state index contributed by atoms with van der Waals surface area (Å²) in [7, 11) is 1.46. The minimum Gasteiger partial charge on any atom is -0.466 e. The van der Waals surface area contributed by atoms with Crippen molar-refractivity contribution in [3.8, 4) is 0 Å². The monoisotopic (exact) mass is 192 g/mol. The maximum atomic E-state index is 11.3. The first-order chi connectivity index (χ1) is 6.83. The Morgan fingerprint density at radius 1 is 1.36 bits per heavy atom. The number of hydrogen-bond acceptors (Lipinski definition) is 2. The summed E-state index contributed by atoms with van der Waals surface area (Å²) in [4.78, 5) is 11.3. The molecule has 2 nitrogen and oxygen atoms in total. The molecule has 0 bridgehead atoms. The van der Waals surface area contributed by atoms with Gasteiger partial charge in [-0.3, -0.25) is 0 Å². The van der Waals surface area contributed by atoms with Crippen molar-refractivity contribution in [2.75, 3.05) is 7.11 Å². The number of esters is 1. The molecular weight excluding hydrogens is 176 g/mol. The number of carbonyl (C=O) groups is 1. The molecule has 76 valence electrons. The van der Waals surface area contributed by atoms with Crippen molar-refractivity contribution in [2.24, 2.45) is 11.8 Å². The maximum Gasteiger partial charge on any atom is 0.333 e. The molecule has 0 spiro atoms. The fourth-order valence-electron chi connectivity index (χ4n) is 2.37. The first-order valence-corrected chi connectivity index (χ1v) is 5.28. The number of methoxy groups -OCH3 is 1. The SMILES string of the molecule is COC(=O)C1=CC2CC/C=C\CCC12. The van der Waals surface area contributed by atoms with Crippen LogP contribution in [0.3, 0.4) is 0 Å². The van der Waals surface area contributed by atoms with E-state index in [-0.39, 0.29) is 5.97 Å². The van der Waals surface area contributed by atoms with E-state index in [0.717, 1.165) is 24.8 Å². The molecule has 0 saturated carbocycles. The predicted molar refractivity (Wildman–Crippen MR) is 54.7 cm³/mol. The zero-order chi connectivity index (χ0) is 9.97. The summed E-state index contributed by atoms with van der Waals surface area (Å²) in [5.74, 6) is 0.956. The van der Waals surface area contributed by atoms with Crippen LogP contribution >= 0.6 is 0 Å². The Kier molecular flexibility index (Phi) is 2.71. The highest BCUT2D eigenvalue weighted by Crippen LogP contribution is 2.41. The summed E-state index contributed by atoms with van der Waals surface area (Å²) in [6.45, 7) is 0. The van der Waals surface area contributed by atoms with Crippen molar-refractivity contribution >= 4 is 5.97 Å². The average Bonchev–Trinajstić information content (AvgIpc) is 2.16. The summed E-state index contributed by atoms with van der Waals surface area (Å²) < 4.78 is 4.75. The molecule has 0 aliphatic heterocycles. The lowest BCUT2D eigenvalue weighted by Crippen LogP contribution is -2.30. The number of fused-ring (bicyclic) bond motifs is 1. The maximum absolute atomic E-state index is 11.3. The molecule has 0 aromatic heterocycles. The van der Waals surface area contributed by atoms with Gasteiger partial charge in [0.1, 0.15) is 0 Å². The normalized spacial score (nSPS) is 32.8. The van der Waals surface area contributed by atoms with Crippen LogP contribution in [0, 0.1) is 11.8 Å². The second-order valence-electron chi connectivity index (χ2n) is 4.01. The van der Waals surface area contributed by atoms with Crippen LogP contribution in [0.1, 0.15) is 25.7 Å². The van der Waals surface area contributed by atoms with E-state index >= 15 is 0 Å². The Bertz CT molecular complexity index is 289. The van der Waals surface area contributed by atoms with Crippen molar-refractivity contribution in [1.29, 1.82) is 0 Å². The molecule has 0 aromatic carbocycles. The van der Waals surface area contributed by atoms with Crippen molar-refractivity contribution in [3.05, 3.63) is 23.8 Å². The van der Waals surface area contributed by atoms with Gasteiger partial charge in [0.25, 0.3) is 0 Å². The van der Waals surface area contributed by atoms with Crippen LogP contribution in [-0.2, 0) is 9.53 Å². The van der Waals surface area contributed by atoms with E-state index < -0.39 is 0 Å². The van der Waals surface area contributed by atoms with Crippen molar-refractivity contribution in [2.45, 2.75) is 25.7 Å². The first kappa shape index (κ1) is 9.50. The number of carbonyl (C=O) groups excluding carboxylic acids is 1. The van der Waals surface area contributed by atoms with E-state index in [2.05, 4.69) is 18.2 Å². The van der Waals surface area contributed by atoms with Crippen LogP contribution in [0.25, 0.3) is 0 Å². The lowest BCUT2D eigenvalue weighted by molar-refractivity contribution is -0.137. The molecular formula is C12H16O2. The van der Waals surface area contributed by atoms with Gasteiger partial charge in [-0.1, -0.05) is 18.2 Å². The molecule has 2 unspecified atom stereocenters. The molecule has 0 N–H and O–H groups in total. The summed E-state index contributed by atoms with van der Waals surface area (Å²) in [6.07, 6.45) is 11.1. The van der Waals surface area contributed by atoms with Crippen LogP contribution in [0.4, 0.5) is 0 Å². The number of rotatable bonds is 1. The van der Waals surface area contributed by atoms with Gasteiger partial charge < -0.3 is 4.74 Å². The molecule has 2 heteroatoms. The van der Waals surface area contributed by atoms with Crippen molar-refractivity contribution < 1.29 is 9.53 Å². The van der Waals surface area contributed by atoms with Crippen LogP contribution in [0.15, 0.2) is 23.8 Å². The Balaban J connectivity index is 2.05. The molecule has 0 aromatic rings. The molecule has 0 saturated heterocycles. The minimum atomic E-state index is -0.129. The van der Waals surface area contributed by atoms with Gasteiger partial charge in [-0.25, -0.2) is 4.79 Å². The molecule has 0 fully saturated rings.